The maximum Gasteiger partial charge on any atom is 0.446 e. The first-order chi connectivity index (χ1) is 64.3. The fraction of sp³-hybridized carbons (Fsp3) is 0.756. The Kier molecular flexibility index (Phi) is 59.4. The van der Waals surface area contributed by atoms with Crippen molar-refractivity contribution < 1.29 is 157 Å². The number of amidine groups is 1. The zero-order valence-electron chi connectivity index (χ0n) is 82.6. The summed E-state index contributed by atoms with van der Waals surface area (Å²) in [6, 6.07) is 0.843. The molecule has 8 saturated heterocycles. The van der Waals surface area contributed by atoms with Gasteiger partial charge in [-0.05, 0) is 250 Å². The molecule has 0 unspecified atom stereocenters. The quantitative estimate of drug-likeness (QED) is 0.00814. The van der Waals surface area contributed by atoms with Gasteiger partial charge in [0.05, 0.1) is 54.3 Å². The fourth-order valence-electron chi connectivity index (χ4n) is 12.7. The molecule has 0 bridgehead atoms. The Bertz CT molecular complexity index is 3970. The molecule has 0 spiro atoms. The number of oxime groups is 1. The molecular weight excluding hydrogens is 1880 g/mol. The highest BCUT2D eigenvalue weighted by atomic mass is 35.5. The van der Waals surface area contributed by atoms with Crippen molar-refractivity contribution in [2.75, 3.05) is 73.6 Å². The topological polar surface area (TPSA) is 620 Å². The molecule has 8 aliphatic rings. The summed E-state index contributed by atoms with van der Waals surface area (Å²) in [5.41, 5.74) is 4.50. The number of rotatable bonds is 7. The summed E-state index contributed by atoms with van der Waals surface area (Å²) >= 11 is 0. The molecule has 8 fully saturated rings. The van der Waals surface area contributed by atoms with Crippen LogP contribution in [-0.2, 0) is 62.2 Å². The van der Waals surface area contributed by atoms with E-state index in [4.69, 9.17) is 81.4 Å². The Morgan fingerprint density at radius 2 is 0.819 bits per heavy atom. The zero-order chi connectivity index (χ0) is 106. The van der Waals surface area contributed by atoms with Gasteiger partial charge in [0.25, 0.3) is 5.91 Å². The first kappa shape index (κ1) is 127. The Hall–Kier alpha value is -11.3. The van der Waals surface area contributed by atoms with Crippen LogP contribution in [0.5, 0.6) is 0 Å². The van der Waals surface area contributed by atoms with Gasteiger partial charge in [-0.3, -0.25) is 49.2 Å². The second-order valence-electron chi connectivity index (χ2n) is 35.6. The van der Waals surface area contributed by atoms with Crippen molar-refractivity contribution >= 4 is 79.3 Å². The van der Waals surface area contributed by atoms with Crippen LogP contribution in [0.3, 0.4) is 0 Å². The first-order valence-corrected chi connectivity index (χ1v) is 42.6. The minimum Gasteiger partial charge on any atom is -0.467 e. The zero-order valence-corrected chi connectivity index (χ0v) is 81.4. The van der Waals surface area contributed by atoms with Gasteiger partial charge in [0.15, 0.2) is 17.5 Å². The van der Waals surface area contributed by atoms with Gasteiger partial charge in [-0.15, -0.1) is 32.8 Å². The Morgan fingerprint density at radius 1 is 0.500 bits per heavy atom. The van der Waals surface area contributed by atoms with E-state index in [1.165, 1.54) is 65.1 Å². The average Bonchev–Trinajstić information content (AvgIpc) is 1.69. The number of methoxy groups -OCH3 is 1. The van der Waals surface area contributed by atoms with Crippen LogP contribution in [0.25, 0.3) is 0 Å². The van der Waals surface area contributed by atoms with Crippen molar-refractivity contribution in [3.8, 4) is 6.07 Å². The first-order valence-electron chi connectivity index (χ1n) is 44.0. The van der Waals surface area contributed by atoms with Gasteiger partial charge >= 0.3 is 54.9 Å². The number of carbonyl (C=O) groups is 10. The van der Waals surface area contributed by atoms with Crippen LogP contribution < -0.4 is 33.5 Å². The lowest BCUT2D eigenvalue weighted by molar-refractivity contribution is -0.156. The van der Waals surface area contributed by atoms with Crippen LogP contribution in [0.1, 0.15) is 285 Å². The molecular formula is C82H141ClF8N22O25. The largest absolute Gasteiger partial charge is 0.467 e. The maximum atomic E-state index is 12.0. The predicted molar refractivity (Wildman–Crippen MR) is 475 cm³/mol. The number of hydrogen-bond donors (Lipinski definition) is 8. The van der Waals surface area contributed by atoms with Crippen LogP contribution >= 0.6 is 12.4 Å². The number of likely N-dealkylation sites (tertiary alicyclic amines) is 6. The minimum absolute atomic E-state index is 0. The number of alkyl halides is 6. The fourth-order valence-corrected chi connectivity index (χ4v) is 12.7. The number of hydrazine groups is 1. The second kappa shape index (κ2) is 64.8. The van der Waals surface area contributed by atoms with Crippen molar-refractivity contribution in [3.05, 3.63) is 49.0 Å². The molecule has 4 aromatic heterocycles. The van der Waals surface area contributed by atoms with Crippen LogP contribution in [0, 0.1) is 11.3 Å². The highest BCUT2D eigenvalue weighted by Gasteiger charge is 2.42. The number of halogens is 9. The lowest BCUT2D eigenvalue weighted by atomic mass is 10.2. The highest BCUT2D eigenvalue weighted by molar-refractivity contribution is 5.89. The molecule has 8 atom stereocenters. The number of nitrogens with zero attached hydrogens (tertiary/aromatic N) is 16. The molecule has 12 rings (SSSR count). The van der Waals surface area contributed by atoms with Crippen LogP contribution in [0.15, 0.2) is 48.6 Å². The molecule has 7 amide bonds. The van der Waals surface area contributed by atoms with Gasteiger partial charge in [-0.1, -0.05) is 22.9 Å². The number of ether oxygens (including phenoxy) is 7. The van der Waals surface area contributed by atoms with Crippen molar-refractivity contribution in [3.63, 3.8) is 0 Å². The standard InChI is InChI=1S/2C11H17N3O3.C11H19NO4.2C10H19N3O3.C10H16N2O2.2C6H9N3O.2C2HF3O.2CH3FO.CH4.ClH.H3NO/c1-11(2,3)17-10(15)14-6-4-5-8(14)9-13-12-7-16-9;1-11(2,3)17-10(15)14-6-4-5-8(14)9-12-7-16-13-9;1-11(2,3)16-10(14)12-7-5-6-8(12)9(13)15-4;1-10(2,3)16-9(15)13-6-4-5-7(13)8(14)12-11;1-10(2,3)16-9(14)13-6-4-5-7(13)8(11)12-15;1-10(2,3)14-9(13)12-6-4-5-8(12)7-11;1-2-5(7-3-1)6-9-8-4-10-6;1-2-5(7-3-1)6-8-4-10-9-6;2*3-2(4,5)1-6;2*1-3-2;;;1-2/h2*7-8H,4-6H2,1-3H3;8H,5-7H2,1-4H3;7H,4-6,11H2,1-3H3,(H,12,14);7,15H,4-6H2,1-3H3,(H2,11,12);8H,4-6H2,1-3H3;2*4-5,7H,1-3H2;2*1H;2*1H3;1H4;1H;2H,1H2/t3*8-;2*7-;8-;2*5-;;;;;;;/m00000000......./s1/i;;;;;;;;;;2*1T;;;. The number of nitrogens with two attached hydrogens (primary N) is 3. The van der Waals surface area contributed by atoms with E-state index in [1.807, 2.05) is 62.3 Å². The summed E-state index contributed by atoms with van der Waals surface area (Å²) in [4.78, 5) is 134. The number of esters is 1. The number of hydrogen-bond acceptors (Lipinski definition) is 39. The second-order valence-corrected chi connectivity index (χ2v) is 35.6. The molecule has 0 aromatic carbocycles. The molecule has 8 aliphatic heterocycles. The predicted octanol–water partition coefficient (Wildman–Crippen LogP) is 13.2. The third-order valence-corrected chi connectivity index (χ3v) is 17.9. The van der Waals surface area contributed by atoms with Gasteiger partial charge in [-0.25, -0.2) is 45.3 Å². The smallest absolute Gasteiger partial charge is 0.446 e. The number of aromatic nitrogens is 8. The number of nitriles is 1. The lowest BCUT2D eigenvalue weighted by Crippen LogP contribution is -2.49. The SMILES string of the molecule is C.CC(C)(C)OC(=O)N1CCC[C@H]1/C(N)=N/O.CC(C)(C)OC(=O)N1CCC[C@H]1C#N.CC(C)(C)OC(=O)N1CCC[C@H]1C(=O)NN.CC(C)(C)OC(=O)N1CCC[C@H]1c1ncon1.CC(C)(C)OC(=O)N1CCC[C@H]1c1nnco1.COC(=O)[C@@H]1CCCN1C(=O)OC(C)(C)C.Cl.NO.O=CC(F)(F)F.O=CC(F)(F)F.[3H]COF.[3H]COF.c1nc([C@@H]2CCCN2)no1.c1nnc([C@@H]2CCCN2)o1. The number of nitrogens with one attached hydrogen (secondary N) is 3. The third kappa shape index (κ3) is 54.7. The molecule has 0 saturated carbocycles. The number of aldehydes is 2. The van der Waals surface area contributed by atoms with Crippen LogP contribution in [0.2, 0.25) is 0 Å². The maximum absolute atomic E-state index is 12.0. The molecule has 0 aliphatic carbocycles. The van der Waals surface area contributed by atoms with E-state index < -0.39 is 103 Å². The van der Waals surface area contributed by atoms with Gasteiger partial charge in [0, 0.05) is 39.3 Å². The van der Waals surface area contributed by atoms with E-state index in [-0.39, 0.29) is 80.0 Å². The monoisotopic (exact) mass is 2030 g/mol. The lowest BCUT2D eigenvalue weighted by Gasteiger charge is -2.27. The van der Waals surface area contributed by atoms with Crippen LogP contribution in [0.4, 0.5) is 64.2 Å². The van der Waals surface area contributed by atoms with Crippen molar-refractivity contribution in [2.24, 2.45) is 22.6 Å². The van der Waals surface area contributed by atoms with Gasteiger partial charge < -0.3 is 77.8 Å². The highest BCUT2D eigenvalue weighted by Crippen LogP contribution is 2.34. The average molecular weight is 2030 g/mol. The van der Waals surface area contributed by atoms with Crippen LogP contribution in [-0.4, -0.2) is 291 Å². The molecule has 56 heteroatoms. The van der Waals surface area contributed by atoms with E-state index in [9.17, 15) is 73.8 Å². The summed E-state index contributed by atoms with van der Waals surface area (Å²) in [6.45, 7) is 38.5. The molecule has 138 heavy (non-hydrogen) atoms. The van der Waals surface area contributed by atoms with E-state index in [2.05, 4.69) is 93.0 Å². The molecule has 792 valence electrons. The Balaban J connectivity index is -0.00000149. The van der Waals surface area contributed by atoms with Gasteiger partial charge in [0.1, 0.15) is 57.8 Å². The Labute approximate surface area is 805 Å². The molecule has 47 nitrogen and oxygen atoms in total. The summed E-state index contributed by atoms with van der Waals surface area (Å²) in [6.07, 6.45) is 5.79. The molecule has 12 heterocycles. The number of carbonyl (C=O) groups excluding carboxylic acids is 10. The molecule has 11 N–H and O–H groups in total. The Morgan fingerprint density at radius 3 is 1.15 bits per heavy atom. The van der Waals surface area contributed by atoms with Crippen molar-refractivity contribution in [1.82, 2.24) is 86.1 Å². The van der Waals surface area contributed by atoms with E-state index in [0.29, 0.717) is 82.3 Å². The van der Waals surface area contributed by atoms with E-state index >= 15 is 0 Å². The third-order valence-electron chi connectivity index (χ3n) is 17.9. The normalized spacial score (nSPS) is 19.8. The van der Waals surface area contributed by atoms with E-state index in [1.54, 1.807) is 72.1 Å². The molecule has 4 aromatic rings. The van der Waals surface area contributed by atoms with E-state index in [0.717, 1.165) is 95.4 Å². The summed E-state index contributed by atoms with van der Waals surface area (Å²) in [7, 11) is 0.133. The van der Waals surface area contributed by atoms with Crippen molar-refractivity contribution in [1.29, 1.82) is 5.26 Å². The molecule has 0 radical (unpaired) electrons. The minimum atomic E-state index is -4.64. The van der Waals surface area contributed by atoms with Crippen molar-refractivity contribution in [2.45, 2.75) is 329 Å². The summed E-state index contributed by atoms with van der Waals surface area (Å²) in [5.74, 6) is 10.4. The summed E-state index contributed by atoms with van der Waals surface area (Å²) in [5, 5.41) is 55.8. The summed E-state index contributed by atoms with van der Waals surface area (Å²) < 4.78 is 150. The van der Waals surface area contributed by atoms with Gasteiger partial charge in [-0.2, -0.15) is 51.5 Å². The number of amides is 7. The van der Waals surface area contributed by atoms with Gasteiger partial charge in [0.2, 0.25) is 49.9 Å².